The molecule has 0 aromatic heterocycles. The summed E-state index contributed by atoms with van der Waals surface area (Å²) >= 11 is 14.0. The lowest BCUT2D eigenvalue weighted by molar-refractivity contribution is 0.510. The van der Waals surface area contributed by atoms with Gasteiger partial charge in [-0.2, -0.15) is 0 Å². The van der Waals surface area contributed by atoms with E-state index in [0.717, 1.165) is 0 Å². The summed E-state index contributed by atoms with van der Waals surface area (Å²) < 4.78 is 0. The maximum Gasteiger partial charge on any atom is 0.0603 e. The van der Waals surface area contributed by atoms with Gasteiger partial charge in [0.15, 0.2) is 0 Å². The van der Waals surface area contributed by atoms with Crippen LogP contribution in [0, 0.1) is 0 Å². The van der Waals surface area contributed by atoms with Crippen molar-refractivity contribution in [1.29, 1.82) is 0 Å². The molecule has 0 aliphatic heterocycles. The molecular formula is C14H19Cl2NS. The van der Waals surface area contributed by atoms with Gasteiger partial charge in [-0.05, 0) is 38.1 Å². The van der Waals surface area contributed by atoms with Crippen molar-refractivity contribution in [2.45, 2.75) is 48.3 Å². The molecule has 1 aliphatic carbocycles. The molecule has 0 saturated heterocycles. The Morgan fingerprint density at radius 1 is 1.11 bits per heavy atom. The molecule has 1 saturated carbocycles. The molecule has 100 valence electrons. The van der Waals surface area contributed by atoms with Gasteiger partial charge in [0, 0.05) is 16.2 Å². The van der Waals surface area contributed by atoms with E-state index < -0.39 is 0 Å². The molecule has 2 atom stereocenters. The van der Waals surface area contributed by atoms with Crippen LogP contribution >= 0.6 is 35.0 Å². The van der Waals surface area contributed by atoms with Gasteiger partial charge in [0.05, 0.1) is 10.0 Å². The summed E-state index contributed by atoms with van der Waals surface area (Å²) in [5.41, 5.74) is 0. The van der Waals surface area contributed by atoms with Crippen LogP contribution in [0.2, 0.25) is 10.0 Å². The molecule has 4 heteroatoms. The van der Waals surface area contributed by atoms with Crippen LogP contribution in [-0.4, -0.2) is 18.3 Å². The summed E-state index contributed by atoms with van der Waals surface area (Å²) in [7, 11) is 2.07. The van der Waals surface area contributed by atoms with Gasteiger partial charge < -0.3 is 5.32 Å². The summed E-state index contributed by atoms with van der Waals surface area (Å²) in [4.78, 5) is 1.22. The molecule has 0 bridgehead atoms. The van der Waals surface area contributed by atoms with Crippen molar-refractivity contribution >= 4 is 35.0 Å². The van der Waals surface area contributed by atoms with Crippen molar-refractivity contribution in [3.05, 3.63) is 28.2 Å². The lowest BCUT2D eigenvalue weighted by atomic mass is 10.1. The van der Waals surface area contributed by atoms with E-state index in [1.54, 1.807) is 0 Å². The molecule has 2 rings (SSSR count). The predicted octanol–water partition coefficient (Wildman–Crippen LogP) is 5.01. The van der Waals surface area contributed by atoms with Gasteiger partial charge >= 0.3 is 0 Å². The molecule has 18 heavy (non-hydrogen) atoms. The smallest absolute Gasteiger partial charge is 0.0603 e. The number of thioether (sulfide) groups is 1. The highest BCUT2D eigenvalue weighted by molar-refractivity contribution is 8.00. The second-order valence-electron chi connectivity index (χ2n) is 4.77. The zero-order valence-electron chi connectivity index (χ0n) is 10.6. The van der Waals surface area contributed by atoms with Gasteiger partial charge in [0.25, 0.3) is 0 Å². The van der Waals surface area contributed by atoms with E-state index in [1.807, 2.05) is 23.9 Å². The van der Waals surface area contributed by atoms with Crippen LogP contribution in [0.5, 0.6) is 0 Å². The average molecular weight is 304 g/mol. The first-order valence-corrected chi connectivity index (χ1v) is 8.13. The number of rotatable bonds is 3. The predicted molar refractivity (Wildman–Crippen MR) is 82.0 cm³/mol. The first-order chi connectivity index (χ1) is 8.70. The van der Waals surface area contributed by atoms with Crippen LogP contribution in [0.25, 0.3) is 0 Å². The fourth-order valence-electron chi connectivity index (χ4n) is 2.47. The molecule has 1 aromatic carbocycles. The highest BCUT2D eigenvalue weighted by atomic mass is 35.5. The minimum atomic E-state index is 0.604. The summed E-state index contributed by atoms with van der Waals surface area (Å²) in [5, 5.41) is 5.38. The standard InChI is InChI=1S/C14H19Cl2NS/c1-17-13-5-3-2-4-6-14(13)18-10-7-8-11(15)12(16)9-10/h7-9,13-14,17H,2-6H2,1H3. The Morgan fingerprint density at radius 3 is 2.61 bits per heavy atom. The molecule has 0 spiro atoms. The first kappa shape index (κ1) is 14.5. The van der Waals surface area contributed by atoms with E-state index in [0.29, 0.717) is 21.3 Å². The van der Waals surface area contributed by atoms with Crippen molar-refractivity contribution in [2.75, 3.05) is 7.05 Å². The van der Waals surface area contributed by atoms with Crippen molar-refractivity contribution in [3.8, 4) is 0 Å². The molecule has 1 nitrogen and oxygen atoms in total. The summed E-state index contributed by atoms with van der Waals surface area (Å²) in [5.74, 6) is 0. The van der Waals surface area contributed by atoms with Crippen molar-refractivity contribution in [1.82, 2.24) is 5.32 Å². The molecule has 2 unspecified atom stereocenters. The third-order valence-electron chi connectivity index (χ3n) is 3.50. The molecule has 0 amide bonds. The zero-order valence-corrected chi connectivity index (χ0v) is 12.9. The van der Waals surface area contributed by atoms with E-state index in [4.69, 9.17) is 23.2 Å². The van der Waals surface area contributed by atoms with Crippen LogP contribution < -0.4 is 5.32 Å². The Kier molecular flexibility index (Phi) is 5.68. The van der Waals surface area contributed by atoms with E-state index in [-0.39, 0.29) is 0 Å². The number of halogens is 2. The fourth-order valence-corrected chi connectivity index (χ4v) is 4.24. The molecular weight excluding hydrogens is 285 g/mol. The van der Waals surface area contributed by atoms with Gasteiger partial charge in [-0.1, -0.05) is 42.5 Å². The zero-order chi connectivity index (χ0) is 13.0. The van der Waals surface area contributed by atoms with Gasteiger partial charge in [-0.15, -0.1) is 11.8 Å². The summed E-state index contributed by atoms with van der Waals surface area (Å²) in [6.45, 7) is 0. The average Bonchev–Trinajstić information content (AvgIpc) is 2.59. The Balaban J connectivity index is 2.07. The first-order valence-electron chi connectivity index (χ1n) is 6.49. The number of nitrogens with one attached hydrogen (secondary N) is 1. The van der Waals surface area contributed by atoms with Crippen LogP contribution in [0.3, 0.4) is 0 Å². The molecule has 1 N–H and O–H groups in total. The van der Waals surface area contributed by atoms with E-state index >= 15 is 0 Å². The quantitative estimate of drug-likeness (QED) is 0.788. The van der Waals surface area contributed by atoms with E-state index in [9.17, 15) is 0 Å². The fraction of sp³-hybridized carbons (Fsp3) is 0.571. The highest BCUT2D eigenvalue weighted by Gasteiger charge is 2.23. The second-order valence-corrected chi connectivity index (χ2v) is 6.89. The number of hydrogen-bond donors (Lipinski definition) is 1. The number of benzene rings is 1. The maximum atomic E-state index is 6.07. The van der Waals surface area contributed by atoms with E-state index in [2.05, 4.69) is 18.4 Å². The van der Waals surface area contributed by atoms with Crippen molar-refractivity contribution in [2.24, 2.45) is 0 Å². The molecule has 1 fully saturated rings. The Hall–Kier alpha value is 0.110. The summed E-state index contributed by atoms with van der Waals surface area (Å²) in [6, 6.07) is 6.53. The molecule has 0 heterocycles. The van der Waals surface area contributed by atoms with Crippen molar-refractivity contribution in [3.63, 3.8) is 0 Å². The van der Waals surface area contributed by atoms with Gasteiger partial charge in [-0.25, -0.2) is 0 Å². The maximum absolute atomic E-state index is 6.07. The summed E-state index contributed by atoms with van der Waals surface area (Å²) in [6.07, 6.45) is 6.57. The second kappa shape index (κ2) is 7.04. The minimum absolute atomic E-state index is 0.604. The SMILES string of the molecule is CNC1CCCCCC1Sc1ccc(Cl)c(Cl)c1. The van der Waals surface area contributed by atoms with Crippen LogP contribution in [0.1, 0.15) is 32.1 Å². The number of hydrogen-bond acceptors (Lipinski definition) is 2. The molecule has 0 radical (unpaired) electrons. The third kappa shape index (κ3) is 3.80. The monoisotopic (exact) mass is 303 g/mol. The van der Waals surface area contributed by atoms with Crippen LogP contribution in [-0.2, 0) is 0 Å². The Bertz CT molecular complexity index is 397. The molecule has 1 aromatic rings. The normalized spacial score (nSPS) is 24.8. The largest absolute Gasteiger partial charge is 0.316 e. The van der Waals surface area contributed by atoms with E-state index in [1.165, 1.54) is 37.0 Å². The van der Waals surface area contributed by atoms with Crippen LogP contribution in [0.15, 0.2) is 23.1 Å². The lowest BCUT2D eigenvalue weighted by Crippen LogP contribution is -2.34. The van der Waals surface area contributed by atoms with Gasteiger partial charge in [0.2, 0.25) is 0 Å². The van der Waals surface area contributed by atoms with Gasteiger partial charge in [-0.3, -0.25) is 0 Å². The molecule has 1 aliphatic rings. The third-order valence-corrected chi connectivity index (χ3v) is 5.63. The minimum Gasteiger partial charge on any atom is -0.316 e. The van der Waals surface area contributed by atoms with Crippen molar-refractivity contribution < 1.29 is 0 Å². The van der Waals surface area contributed by atoms with Gasteiger partial charge in [0.1, 0.15) is 0 Å². The Labute approximate surface area is 124 Å². The Morgan fingerprint density at radius 2 is 1.89 bits per heavy atom. The topological polar surface area (TPSA) is 12.0 Å². The lowest BCUT2D eigenvalue weighted by Gasteiger charge is -2.24. The highest BCUT2D eigenvalue weighted by Crippen LogP contribution is 2.35. The van der Waals surface area contributed by atoms with Crippen LogP contribution in [0.4, 0.5) is 0 Å².